The number of alkyl halides is 3. The molecule has 3 nitrogen and oxygen atoms in total. The fourth-order valence-electron chi connectivity index (χ4n) is 0.0945. The van der Waals surface area contributed by atoms with E-state index in [4.69, 9.17) is 0 Å². The van der Waals surface area contributed by atoms with E-state index in [1.165, 1.54) is 0 Å². The Hall–Kier alpha value is -1.14. The van der Waals surface area contributed by atoms with E-state index < -0.39 is 17.6 Å². The summed E-state index contributed by atoms with van der Waals surface area (Å²) in [7, 11) is 0. The molecule has 0 aromatic rings. The summed E-state index contributed by atoms with van der Waals surface area (Å²) in [5, 5.41) is 0. The first-order valence-corrected chi connectivity index (χ1v) is 2.43. The minimum Gasteiger partial charge on any atom is -0.760 e. The second kappa shape index (κ2) is 3.00. The number of hydrogen-bond donors (Lipinski definition) is 1. The third-order valence-corrected chi connectivity index (χ3v) is 0.597. The number of hydrogen-bond acceptors (Lipinski definition) is 2. The third-order valence-electron chi connectivity index (χ3n) is 0.199. The second-order valence-corrected chi connectivity index (χ2v) is 1.51. The van der Waals surface area contributed by atoms with E-state index >= 15 is 0 Å². The molecule has 0 aromatic carbocycles. The predicted molar refractivity (Wildman–Crippen MR) is 18.1 cm³/mol. The van der Waals surface area contributed by atoms with Crippen LogP contribution < -0.4 is 4.72 Å². The quantitative estimate of drug-likeness (QED) is 0.480. The Morgan fingerprint density at radius 2 is 1.78 bits per heavy atom. The molecule has 1 unspecified atom stereocenters. The van der Waals surface area contributed by atoms with Crippen molar-refractivity contribution < 1.29 is 21.9 Å². The van der Waals surface area contributed by atoms with Crippen molar-refractivity contribution in [3.8, 4) is 0 Å². The summed E-state index contributed by atoms with van der Waals surface area (Å²) in [6, 6.07) is 0. The Morgan fingerprint density at radius 1 is 1.44 bits per heavy atom. The van der Waals surface area contributed by atoms with Gasteiger partial charge in [-0.25, -0.2) is 0 Å². The van der Waals surface area contributed by atoms with Crippen molar-refractivity contribution in [2.24, 2.45) is 0 Å². The molecule has 0 amide bonds. The van der Waals surface area contributed by atoms with Gasteiger partial charge in [0.15, 0.2) is 0 Å². The molecular weight excluding hydrogens is 414 g/mol. The van der Waals surface area contributed by atoms with Crippen LogP contribution in [-0.4, -0.2) is 15.1 Å². The summed E-state index contributed by atoms with van der Waals surface area (Å²) in [6.07, 6.45) is -4.84. The first-order chi connectivity index (χ1) is 3.42. The first-order valence-electron chi connectivity index (χ1n) is 1.35. The molecule has 0 aliphatic carbocycles. The van der Waals surface area contributed by atoms with Gasteiger partial charge in [-0.05, 0) is 0 Å². The second-order valence-electron chi connectivity index (χ2n) is 0.835. The monoisotopic (exact) mass is 415 g/mol. The van der Waals surface area contributed by atoms with Gasteiger partial charge in [0.2, 0.25) is 0 Å². The number of rotatable bonds is 1. The van der Waals surface area contributed by atoms with Gasteiger partial charge < -0.3 is 4.55 Å². The van der Waals surface area contributed by atoms with Crippen LogP contribution in [0.1, 0.15) is 0 Å². The van der Waals surface area contributed by atoms with E-state index in [2.05, 4.69) is 0 Å². The normalized spacial score (nSPS) is 14.2. The van der Waals surface area contributed by atoms with Crippen LogP contribution in [0.5, 0.6) is 0 Å². The molecule has 0 fully saturated rings. The average molecular weight is 415 g/mol. The van der Waals surface area contributed by atoms with E-state index in [0.29, 0.717) is 4.72 Å². The van der Waals surface area contributed by atoms with Crippen molar-refractivity contribution in [1.82, 2.24) is 4.72 Å². The largest absolute Gasteiger partial charge is 0.760 e. The standard InChI is InChI=1S/CH2F3NO2S.Rf/c2-1(3,4)5-8(6)7;/h5H,(H,6,7);/p-1. The summed E-state index contributed by atoms with van der Waals surface area (Å²) >= 11 is -3.26. The zero-order valence-electron chi connectivity index (χ0n) is 4.07. The summed E-state index contributed by atoms with van der Waals surface area (Å²) in [6.45, 7) is 0. The van der Waals surface area contributed by atoms with Gasteiger partial charge >= 0.3 is 6.30 Å². The van der Waals surface area contributed by atoms with Crippen LogP contribution in [0.3, 0.4) is 0 Å². The Labute approximate surface area is 45.3 Å². The molecule has 0 saturated carbocycles. The number of halogens is 3. The maximum atomic E-state index is 10.8. The molecule has 52 valence electrons. The molecule has 0 aliphatic heterocycles. The Bertz CT molecular complexity index is 104. The fraction of sp³-hybridized carbons (Fsp3) is 1.00. The van der Waals surface area contributed by atoms with E-state index in [-0.39, 0.29) is 0 Å². The molecule has 0 bridgehead atoms. The molecule has 0 aliphatic rings. The SMILES string of the molecule is O=S([O-])NC(F)(F)F.[Rf]. The molecule has 8 heteroatoms. The van der Waals surface area contributed by atoms with E-state index in [1.54, 1.807) is 0 Å². The molecule has 0 spiro atoms. The molecule has 1 N–H and O–H groups in total. The minimum atomic E-state index is -4.84. The van der Waals surface area contributed by atoms with Crippen molar-refractivity contribution in [2.75, 3.05) is 0 Å². The van der Waals surface area contributed by atoms with Crippen LogP contribution in [0.25, 0.3) is 0 Å². The average Bonchev–Trinajstić information content (AvgIpc) is 1.21. The van der Waals surface area contributed by atoms with E-state index in [0.717, 1.165) is 0 Å². The zero-order chi connectivity index (χ0) is 6.78. The maximum absolute atomic E-state index is 10.8. The molecule has 0 aromatic heterocycles. The molecule has 1 atom stereocenters. The topological polar surface area (TPSA) is 52.2 Å². The molecule has 9 heavy (non-hydrogen) atoms. The smallest absolute Gasteiger partial charge is 0.467 e. The van der Waals surface area contributed by atoms with Crippen LogP contribution in [0.15, 0.2) is 0 Å². The van der Waals surface area contributed by atoms with Gasteiger partial charge in [-0.2, -0.15) is 17.9 Å². The van der Waals surface area contributed by atoms with E-state index in [1.807, 2.05) is 0 Å². The fourth-order valence-corrected chi connectivity index (χ4v) is 0.283. The van der Waals surface area contributed by atoms with Crippen LogP contribution in [-0.2, 0) is 11.3 Å². The summed E-state index contributed by atoms with van der Waals surface area (Å²) < 4.78 is 51.1. The van der Waals surface area contributed by atoms with Gasteiger partial charge in [0.1, 0.15) is 0 Å². The third kappa shape index (κ3) is 10.9. The molecule has 0 rings (SSSR count). The van der Waals surface area contributed by atoms with Crippen molar-refractivity contribution >= 4 is 11.3 Å². The van der Waals surface area contributed by atoms with Crippen LogP contribution in [0.2, 0.25) is 0 Å². The predicted octanol–water partition coefficient (Wildman–Crippen LogP) is -0.110. The Morgan fingerprint density at radius 3 is 1.78 bits per heavy atom. The molecule has 0 radical (unpaired) electrons. The summed E-state index contributed by atoms with van der Waals surface area (Å²) in [4.78, 5) is 0. The van der Waals surface area contributed by atoms with Crippen LogP contribution >= 0.6 is 0 Å². The summed E-state index contributed by atoms with van der Waals surface area (Å²) in [5.41, 5.74) is 0. The van der Waals surface area contributed by atoms with Gasteiger partial charge in [-0.3, -0.25) is 4.21 Å². The summed E-state index contributed by atoms with van der Waals surface area (Å²) in [5.74, 6) is 0. The maximum Gasteiger partial charge on any atom is 0.467 e. The molecule has 0 saturated heterocycles. The van der Waals surface area contributed by atoms with E-state index in [9.17, 15) is 21.9 Å². The van der Waals surface area contributed by atoms with Crippen molar-refractivity contribution in [3.05, 3.63) is 0 Å². The van der Waals surface area contributed by atoms with Crippen LogP contribution in [0.4, 0.5) is 13.2 Å². The van der Waals surface area contributed by atoms with Gasteiger partial charge in [-0.1, -0.05) is 0 Å². The molecule has 0 heterocycles. The van der Waals surface area contributed by atoms with Crippen molar-refractivity contribution in [2.45, 2.75) is 6.30 Å². The number of nitrogens with one attached hydrogen (secondary N) is 1. The molecular formula is CHF3NO2RfS-. The zero-order valence-corrected chi connectivity index (χ0v) is 11.3. The first kappa shape index (κ1) is 10.8. The van der Waals surface area contributed by atoms with Gasteiger partial charge in [-0.15, -0.1) is 0 Å². The Kier molecular flexibility index (Phi) is 3.59. The van der Waals surface area contributed by atoms with Crippen LogP contribution in [0, 0.1) is 0 Å². The van der Waals surface area contributed by atoms with Gasteiger partial charge in [0, 0.05) is 11.3 Å². The minimum absolute atomic E-state index is 0. The van der Waals surface area contributed by atoms with Crippen molar-refractivity contribution in [1.29, 1.82) is 0 Å². The van der Waals surface area contributed by atoms with Gasteiger partial charge in [0.25, 0.3) is 0 Å². The Balaban J connectivity index is 0. The van der Waals surface area contributed by atoms with Crippen molar-refractivity contribution in [3.63, 3.8) is 0 Å². The van der Waals surface area contributed by atoms with Gasteiger partial charge in [0.05, 0.1) is 0 Å².